The summed E-state index contributed by atoms with van der Waals surface area (Å²) in [4.78, 5) is 11.8. The van der Waals surface area contributed by atoms with Crippen molar-refractivity contribution in [2.24, 2.45) is 0 Å². The van der Waals surface area contributed by atoms with Crippen molar-refractivity contribution in [1.29, 1.82) is 0 Å². The van der Waals surface area contributed by atoms with Crippen LogP contribution in [0.2, 0.25) is 0 Å². The van der Waals surface area contributed by atoms with Crippen molar-refractivity contribution in [2.45, 2.75) is 24.5 Å². The van der Waals surface area contributed by atoms with Gasteiger partial charge in [0.05, 0.1) is 5.56 Å². The summed E-state index contributed by atoms with van der Waals surface area (Å²) in [6.45, 7) is 2.47. The number of thioether (sulfide) groups is 1. The monoisotopic (exact) mass is 253 g/mol. The van der Waals surface area contributed by atoms with Gasteiger partial charge in [0.2, 0.25) is 0 Å². The highest BCUT2D eigenvalue weighted by Crippen LogP contribution is 2.46. The second-order valence-electron chi connectivity index (χ2n) is 4.55. The summed E-state index contributed by atoms with van der Waals surface area (Å²) in [5.41, 5.74) is 1.03. The van der Waals surface area contributed by atoms with Crippen molar-refractivity contribution < 1.29 is 9.18 Å². The molecule has 0 unspecified atom stereocenters. The van der Waals surface area contributed by atoms with Gasteiger partial charge in [0.15, 0.2) is 0 Å². The number of nitrogens with one attached hydrogen (secondary N) is 1. The van der Waals surface area contributed by atoms with E-state index in [9.17, 15) is 9.18 Å². The fourth-order valence-electron chi connectivity index (χ4n) is 1.74. The van der Waals surface area contributed by atoms with Crippen LogP contribution in [0.1, 0.15) is 28.8 Å². The Hall–Kier alpha value is -1.03. The first-order chi connectivity index (χ1) is 8.06. The summed E-state index contributed by atoms with van der Waals surface area (Å²) in [5.74, 6) is -0.770. The summed E-state index contributed by atoms with van der Waals surface area (Å²) in [6, 6.07) is 4.59. The van der Waals surface area contributed by atoms with E-state index in [4.69, 9.17) is 0 Å². The molecule has 17 heavy (non-hydrogen) atoms. The van der Waals surface area contributed by atoms with E-state index in [1.165, 1.54) is 6.07 Å². The number of rotatable bonds is 4. The lowest BCUT2D eigenvalue weighted by atomic mass is 10.1. The molecule has 4 heteroatoms. The summed E-state index contributed by atoms with van der Waals surface area (Å²) in [5, 5.41) is 2.82. The fourth-order valence-corrected chi connectivity index (χ4v) is 2.47. The molecule has 1 N–H and O–H groups in total. The Morgan fingerprint density at radius 2 is 2.24 bits per heavy atom. The van der Waals surface area contributed by atoms with Crippen LogP contribution in [0.25, 0.3) is 0 Å². The largest absolute Gasteiger partial charge is 0.351 e. The second-order valence-corrected chi connectivity index (χ2v) is 5.83. The molecule has 0 saturated heterocycles. The molecule has 1 saturated carbocycles. The average Bonchev–Trinajstić information content (AvgIpc) is 3.10. The minimum absolute atomic E-state index is 0.141. The first-order valence-corrected chi connectivity index (χ1v) is 6.88. The van der Waals surface area contributed by atoms with E-state index in [1.54, 1.807) is 23.9 Å². The maximum absolute atomic E-state index is 13.5. The SMILES string of the molecule is CSC1(CNC(=O)c2cc(C)ccc2F)CC1. The molecule has 1 fully saturated rings. The molecule has 92 valence electrons. The molecule has 0 spiro atoms. The van der Waals surface area contributed by atoms with Gasteiger partial charge >= 0.3 is 0 Å². The van der Waals surface area contributed by atoms with Gasteiger partial charge in [-0.15, -0.1) is 0 Å². The van der Waals surface area contributed by atoms with E-state index in [0.717, 1.165) is 18.4 Å². The molecule has 1 aromatic carbocycles. The van der Waals surface area contributed by atoms with Crippen LogP contribution in [0.3, 0.4) is 0 Å². The molecule has 1 aromatic rings. The van der Waals surface area contributed by atoms with Crippen LogP contribution in [0.15, 0.2) is 18.2 Å². The lowest BCUT2D eigenvalue weighted by Gasteiger charge is -2.13. The zero-order valence-electron chi connectivity index (χ0n) is 10.0. The summed E-state index contributed by atoms with van der Waals surface area (Å²) >= 11 is 1.77. The van der Waals surface area contributed by atoms with Crippen molar-refractivity contribution in [3.63, 3.8) is 0 Å². The van der Waals surface area contributed by atoms with Gasteiger partial charge in [0.1, 0.15) is 5.82 Å². The molecule has 0 aliphatic heterocycles. The Kier molecular flexibility index (Phi) is 3.43. The number of benzene rings is 1. The van der Waals surface area contributed by atoms with E-state index in [2.05, 4.69) is 5.32 Å². The van der Waals surface area contributed by atoms with E-state index in [0.29, 0.717) is 6.54 Å². The van der Waals surface area contributed by atoms with Gasteiger partial charge in [-0.25, -0.2) is 4.39 Å². The van der Waals surface area contributed by atoms with Crippen molar-refractivity contribution >= 4 is 17.7 Å². The van der Waals surface area contributed by atoms with Crippen molar-refractivity contribution in [3.05, 3.63) is 35.1 Å². The van der Waals surface area contributed by atoms with Crippen molar-refractivity contribution in [2.75, 3.05) is 12.8 Å². The summed E-state index contributed by atoms with van der Waals surface area (Å²) in [7, 11) is 0. The molecule has 1 amide bonds. The average molecular weight is 253 g/mol. The third-order valence-electron chi connectivity index (χ3n) is 3.18. The van der Waals surface area contributed by atoms with Gasteiger partial charge in [-0.3, -0.25) is 4.79 Å². The maximum Gasteiger partial charge on any atom is 0.254 e. The molecular formula is C13H16FNOS. The zero-order valence-corrected chi connectivity index (χ0v) is 10.9. The number of amides is 1. The summed E-state index contributed by atoms with van der Waals surface area (Å²) < 4.78 is 13.7. The molecule has 2 rings (SSSR count). The van der Waals surface area contributed by atoms with Crippen LogP contribution in [0, 0.1) is 12.7 Å². The van der Waals surface area contributed by atoms with Gasteiger partial charge < -0.3 is 5.32 Å². The Morgan fingerprint density at radius 1 is 1.53 bits per heavy atom. The number of hydrogen-bond donors (Lipinski definition) is 1. The molecule has 0 radical (unpaired) electrons. The molecule has 1 aliphatic carbocycles. The first-order valence-electron chi connectivity index (χ1n) is 5.66. The van der Waals surface area contributed by atoms with Gasteiger partial charge in [0.25, 0.3) is 5.91 Å². The van der Waals surface area contributed by atoms with Crippen LogP contribution in [0.4, 0.5) is 4.39 Å². The van der Waals surface area contributed by atoms with Crippen LogP contribution in [0.5, 0.6) is 0 Å². The van der Waals surface area contributed by atoms with Crippen molar-refractivity contribution in [1.82, 2.24) is 5.32 Å². The summed E-state index contributed by atoms with van der Waals surface area (Å²) in [6.07, 6.45) is 4.31. The minimum atomic E-state index is -0.456. The number of hydrogen-bond acceptors (Lipinski definition) is 2. The van der Waals surface area contributed by atoms with Crippen LogP contribution < -0.4 is 5.32 Å². The predicted molar refractivity (Wildman–Crippen MR) is 69.0 cm³/mol. The number of halogens is 1. The van der Waals surface area contributed by atoms with Crippen LogP contribution in [-0.4, -0.2) is 23.5 Å². The van der Waals surface area contributed by atoms with Crippen LogP contribution >= 0.6 is 11.8 Å². The van der Waals surface area contributed by atoms with Gasteiger partial charge in [-0.05, 0) is 38.2 Å². The lowest BCUT2D eigenvalue weighted by molar-refractivity contribution is 0.0949. The molecule has 0 heterocycles. The Labute approximate surface area is 105 Å². The lowest BCUT2D eigenvalue weighted by Crippen LogP contribution is -2.32. The maximum atomic E-state index is 13.5. The van der Waals surface area contributed by atoms with Crippen LogP contribution in [-0.2, 0) is 0 Å². The van der Waals surface area contributed by atoms with E-state index < -0.39 is 5.82 Å². The fraction of sp³-hybridized carbons (Fsp3) is 0.462. The Balaban J connectivity index is 2.02. The third kappa shape index (κ3) is 2.80. The van der Waals surface area contributed by atoms with Gasteiger partial charge in [-0.2, -0.15) is 11.8 Å². The van der Waals surface area contributed by atoms with E-state index >= 15 is 0 Å². The number of aryl methyl sites for hydroxylation is 1. The molecule has 0 aromatic heterocycles. The zero-order chi connectivity index (χ0) is 12.5. The molecule has 2 nitrogen and oxygen atoms in total. The smallest absolute Gasteiger partial charge is 0.254 e. The van der Waals surface area contributed by atoms with Crippen molar-refractivity contribution in [3.8, 4) is 0 Å². The molecule has 0 bridgehead atoms. The Bertz CT molecular complexity index is 443. The van der Waals surface area contributed by atoms with E-state index in [1.807, 2.05) is 13.2 Å². The topological polar surface area (TPSA) is 29.1 Å². The highest BCUT2D eigenvalue weighted by Gasteiger charge is 2.42. The number of carbonyl (C=O) groups is 1. The highest BCUT2D eigenvalue weighted by molar-refractivity contribution is 8.00. The van der Waals surface area contributed by atoms with Gasteiger partial charge in [0, 0.05) is 11.3 Å². The number of carbonyl (C=O) groups excluding carboxylic acids is 1. The Morgan fingerprint density at radius 3 is 2.82 bits per heavy atom. The van der Waals surface area contributed by atoms with Gasteiger partial charge in [-0.1, -0.05) is 11.6 Å². The molecular weight excluding hydrogens is 237 g/mol. The predicted octanol–water partition coefficient (Wildman–Crippen LogP) is 2.76. The second kappa shape index (κ2) is 4.69. The normalized spacial score (nSPS) is 16.6. The standard InChI is InChI=1S/C13H16FNOS/c1-9-3-4-11(14)10(7-9)12(16)15-8-13(17-2)5-6-13/h3-4,7H,5-6,8H2,1-2H3,(H,15,16). The highest BCUT2D eigenvalue weighted by atomic mass is 32.2. The molecule has 1 aliphatic rings. The van der Waals surface area contributed by atoms with E-state index in [-0.39, 0.29) is 16.2 Å². The minimum Gasteiger partial charge on any atom is -0.351 e. The quantitative estimate of drug-likeness (QED) is 0.894. The third-order valence-corrected chi connectivity index (χ3v) is 4.60. The molecule has 0 atom stereocenters. The first kappa shape index (κ1) is 12.4.